The van der Waals surface area contributed by atoms with Crippen LogP contribution in [-0.4, -0.2) is 40.1 Å². The van der Waals surface area contributed by atoms with Crippen molar-refractivity contribution in [3.63, 3.8) is 0 Å². The Morgan fingerprint density at radius 1 is 1.04 bits per heavy atom. The highest BCUT2D eigenvalue weighted by atomic mass is 16.4. The van der Waals surface area contributed by atoms with E-state index < -0.39 is 5.97 Å². The lowest BCUT2D eigenvalue weighted by Crippen LogP contribution is -2.40. The molecule has 1 amide bonds. The van der Waals surface area contributed by atoms with Crippen LogP contribution in [0.15, 0.2) is 42.5 Å². The van der Waals surface area contributed by atoms with Gasteiger partial charge in [0.15, 0.2) is 0 Å². The van der Waals surface area contributed by atoms with Crippen LogP contribution in [-0.2, 0) is 11.3 Å². The minimum atomic E-state index is -0.765. The number of carbonyl (C=O) groups is 2. The van der Waals surface area contributed by atoms with Crippen LogP contribution in [0.5, 0.6) is 5.75 Å². The molecule has 6 nitrogen and oxygen atoms in total. The summed E-state index contributed by atoms with van der Waals surface area (Å²) in [6.45, 7) is 0.467. The van der Waals surface area contributed by atoms with Gasteiger partial charge in [-0.25, -0.2) is 0 Å². The van der Waals surface area contributed by atoms with Gasteiger partial charge in [0.2, 0.25) is 0 Å². The second-order valence-corrected chi connectivity index (χ2v) is 7.39. The Morgan fingerprint density at radius 3 is 2.21 bits per heavy atom. The number of rotatable bonds is 5. The highest BCUT2D eigenvalue weighted by Crippen LogP contribution is 2.31. The molecule has 3 rings (SSSR count). The summed E-state index contributed by atoms with van der Waals surface area (Å²) < 4.78 is 0. The normalized spacial score (nSPS) is 19.2. The van der Waals surface area contributed by atoms with Crippen LogP contribution < -0.4 is 5.73 Å². The van der Waals surface area contributed by atoms with Gasteiger partial charge in [0.05, 0.1) is 11.5 Å². The summed E-state index contributed by atoms with van der Waals surface area (Å²) >= 11 is 0. The second kappa shape index (κ2) is 8.44. The van der Waals surface area contributed by atoms with Gasteiger partial charge in [-0.15, -0.1) is 0 Å². The Hall–Kier alpha value is -2.86. The Bertz CT molecular complexity index is 855. The van der Waals surface area contributed by atoms with E-state index >= 15 is 0 Å². The van der Waals surface area contributed by atoms with Crippen molar-refractivity contribution in [2.24, 2.45) is 11.7 Å². The molecule has 28 heavy (non-hydrogen) atoms. The molecule has 0 saturated heterocycles. The average Bonchev–Trinajstić information content (AvgIpc) is 2.73. The van der Waals surface area contributed by atoms with Gasteiger partial charge >= 0.3 is 5.97 Å². The lowest BCUT2D eigenvalue weighted by atomic mass is 9.85. The number of phenolic OH excluding ortho intramolecular Hbond substituents is 1. The zero-order chi connectivity index (χ0) is 20.3. The molecule has 4 N–H and O–H groups in total. The number of carbonyl (C=O) groups excluding carboxylic acids is 1. The minimum absolute atomic E-state index is 0.0185. The maximum atomic E-state index is 13.0. The number of aliphatic carboxylic acids is 1. The van der Waals surface area contributed by atoms with E-state index in [4.69, 9.17) is 10.8 Å². The van der Waals surface area contributed by atoms with Crippen molar-refractivity contribution in [2.45, 2.75) is 38.3 Å². The number of carboxylic acid groups (broad SMARTS) is 1. The van der Waals surface area contributed by atoms with E-state index in [1.807, 2.05) is 24.3 Å². The van der Waals surface area contributed by atoms with Gasteiger partial charge in [-0.1, -0.05) is 30.3 Å². The second-order valence-electron chi connectivity index (χ2n) is 7.39. The molecule has 1 saturated carbocycles. The first-order valence-corrected chi connectivity index (χ1v) is 9.53. The van der Waals surface area contributed by atoms with Crippen LogP contribution in [0.3, 0.4) is 0 Å². The molecule has 6 heteroatoms. The molecule has 0 atom stereocenters. The molecular weight excluding hydrogens is 356 g/mol. The largest absolute Gasteiger partial charge is 0.507 e. The molecule has 2 aromatic carbocycles. The number of benzene rings is 2. The highest BCUT2D eigenvalue weighted by Gasteiger charge is 2.30. The fraction of sp³-hybridized carbons (Fsp3) is 0.364. The van der Waals surface area contributed by atoms with E-state index in [-0.39, 0.29) is 29.2 Å². The third kappa shape index (κ3) is 4.17. The summed E-state index contributed by atoms with van der Waals surface area (Å²) in [5.41, 5.74) is 8.69. The van der Waals surface area contributed by atoms with Gasteiger partial charge in [-0.3, -0.25) is 9.59 Å². The SMILES string of the molecule is CN(C(=O)c1cc(-c2ccc(CN)cc2)ccc1O)C1CCC(C(=O)O)CC1. The van der Waals surface area contributed by atoms with E-state index in [1.165, 1.54) is 6.07 Å². The summed E-state index contributed by atoms with van der Waals surface area (Å²) in [6, 6.07) is 12.8. The topological polar surface area (TPSA) is 104 Å². The molecule has 0 aliphatic heterocycles. The number of nitrogens with zero attached hydrogens (tertiary/aromatic N) is 1. The van der Waals surface area contributed by atoms with Gasteiger partial charge in [0.1, 0.15) is 5.75 Å². The molecular formula is C22H26N2O4. The van der Waals surface area contributed by atoms with E-state index in [1.54, 1.807) is 24.1 Å². The van der Waals surface area contributed by atoms with Gasteiger partial charge in [0, 0.05) is 19.6 Å². The predicted octanol–water partition coefficient (Wildman–Crippen LogP) is 3.23. The van der Waals surface area contributed by atoms with Crippen molar-refractivity contribution in [1.82, 2.24) is 4.90 Å². The smallest absolute Gasteiger partial charge is 0.306 e. The van der Waals surface area contributed by atoms with Crippen LogP contribution in [0.2, 0.25) is 0 Å². The van der Waals surface area contributed by atoms with Crippen molar-refractivity contribution in [3.05, 3.63) is 53.6 Å². The van der Waals surface area contributed by atoms with Crippen LogP contribution >= 0.6 is 0 Å². The molecule has 1 fully saturated rings. The fourth-order valence-electron chi connectivity index (χ4n) is 3.79. The number of carboxylic acids is 1. The maximum Gasteiger partial charge on any atom is 0.306 e. The Morgan fingerprint density at radius 2 is 1.64 bits per heavy atom. The number of hydrogen-bond donors (Lipinski definition) is 3. The molecule has 0 unspecified atom stereocenters. The van der Waals surface area contributed by atoms with Crippen molar-refractivity contribution >= 4 is 11.9 Å². The first-order chi connectivity index (χ1) is 13.4. The predicted molar refractivity (Wildman–Crippen MR) is 107 cm³/mol. The maximum absolute atomic E-state index is 13.0. The van der Waals surface area contributed by atoms with Crippen molar-refractivity contribution in [1.29, 1.82) is 0 Å². The zero-order valence-corrected chi connectivity index (χ0v) is 16.0. The van der Waals surface area contributed by atoms with E-state index in [0.29, 0.717) is 32.2 Å². The quantitative estimate of drug-likeness (QED) is 0.736. The van der Waals surface area contributed by atoms with Gasteiger partial charge < -0.3 is 20.8 Å². The molecule has 1 aliphatic carbocycles. The third-order valence-corrected chi connectivity index (χ3v) is 5.66. The molecule has 0 bridgehead atoms. The van der Waals surface area contributed by atoms with E-state index in [0.717, 1.165) is 16.7 Å². The summed E-state index contributed by atoms with van der Waals surface area (Å²) in [7, 11) is 1.72. The number of amides is 1. The van der Waals surface area contributed by atoms with E-state index in [9.17, 15) is 14.7 Å². The van der Waals surface area contributed by atoms with Crippen molar-refractivity contribution in [3.8, 4) is 16.9 Å². The number of hydrogen-bond acceptors (Lipinski definition) is 4. The Labute approximate surface area is 164 Å². The van der Waals surface area contributed by atoms with Crippen LogP contribution in [0.25, 0.3) is 11.1 Å². The monoisotopic (exact) mass is 382 g/mol. The standard InChI is InChI=1S/C22H26N2O4/c1-24(18-9-6-16(7-10-18)22(27)28)21(26)19-12-17(8-11-20(19)25)15-4-2-14(13-23)3-5-15/h2-5,8,11-12,16,18,25H,6-7,9-10,13,23H2,1H3,(H,27,28). The zero-order valence-electron chi connectivity index (χ0n) is 16.0. The molecule has 0 spiro atoms. The van der Waals surface area contributed by atoms with Crippen LogP contribution in [0.4, 0.5) is 0 Å². The summed E-state index contributed by atoms with van der Waals surface area (Å²) in [4.78, 5) is 25.8. The lowest BCUT2D eigenvalue weighted by molar-refractivity contribution is -0.143. The number of aromatic hydroxyl groups is 1. The first-order valence-electron chi connectivity index (χ1n) is 9.53. The molecule has 2 aromatic rings. The minimum Gasteiger partial charge on any atom is -0.507 e. The first kappa shape index (κ1) is 19.9. The Balaban J connectivity index is 1.78. The average molecular weight is 382 g/mol. The van der Waals surface area contributed by atoms with Gasteiger partial charge in [-0.05, 0) is 54.5 Å². The molecule has 0 aromatic heterocycles. The molecule has 0 radical (unpaired) electrons. The number of phenols is 1. The van der Waals surface area contributed by atoms with Crippen molar-refractivity contribution < 1.29 is 19.8 Å². The fourth-order valence-corrected chi connectivity index (χ4v) is 3.79. The Kier molecular flexibility index (Phi) is 5.99. The lowest BCUT2D eigenvalue weighted by Gasteiger charge is -2.33. The molecule has 0 heterocycles. The van der Waals surface area contributed by atoms with Gasteiger partial charge in [0.25, 0.3) is 5.91 Å². The number of nitrogens with two attached hydrogens (primary N) is 1. The molecule has 1 aliphatic rings. The van der Waals surface area contributed by atoms with E-state index in [2.05, 4.69) is 0 Å². The van der Waals surface area contributed by atoms with Crippen LogP contribution in [0, 0.1) is 5.92 Å². The summed E-state index contributed by atoms with van der Waals surface area (Å²) in [5.74, 6) is -1.40. The van der Waals surface area contributed by atoms with Gasteiger partial charge in [-0.2, -0.15) is 0 Å². The third-order valence-electron chi connectivity index (χ3n) is 5.66. The molecule has 148 valence electrons. The van der Waals surface area contributed by atoms with Crippen molar-refractivity contribution in [2.75, 3.05) is 7.05 Å². The highest BCUT2D eigenvalue weighted by molar-refractivity contribution is 5.98. The summed E-state index contributed by atoms with van der Waals surface area (Å²) in [6.07, 6.45) is 2.44. The van der Waals surface area contributed by atoms with Crippen LogP contribution in [0.1, 0.15) is 41.6 Å². The summed E-state index contributed by atoms with van der Waals surface area (Å²) in [5, 5.41) is 19.4.